The molecule has 3 rings (SSSR count). The van der Waals surface area contributed by atoms with E-state index in [2.05, 4.69) is 20.9 Å². The van der Waals surface area contributed by atoms with Crippen molar-refractivity contribution in [1.29, 1.82) is 0 Å². The number of pyridine rings is 1. The van der Waals surface area contributed by atoms with E-state index in [9.17, 15) is 13.3 Å². The van der Waals surface area contributed by atoms with Gasteiger partial charge in [0.15, 0.2) is 0 Å². The van der Waals surface area contributed by atoms with Crippen molar-refractivity contribution in [2.24, 2.45) is 0 Å². The fourth-order valence-electron chi connectivity index (χ4n) is 2.49. The molecule has 0 atom stereocenters. The number of nitrogens with zero attached hydrogens (tertiary/aromatic N) is 1. The molecule has 2 N–H and O–H groups in total. The van der Waals surface area contributed by atoms with E-state index in [-0.39, 0.29) is 4.47 Å². The first kappa shape index (κ1) is 22.4. The van der Waals surface area contributed by atoms with Crippen LogP contribution in [0.5, 0.6) is 0 Å². The highest BCUT2D eigenvalue weighted by Crippen LogP contribution is 2.60. The predicted octanol–water partition coefficient (Wildman–Crippen LogP) is 6.68. The molecule has 0 fully saturated rings. The minimum atomic E-state index is -5.61. The average Bonchev–Trinajstić information content (AvgIpc) is 2.66. The highest BCUT2D eigenvalue weighted by Gasteiger charge is 2.51. The number of hydrogen-bond donors (Lipinski definition) is 2. The molecule has 2 aromatic carbocycles. The molecule has 10 heteroatoms. The topological polar surface area (TPSA) is 70.4 Å². The quantitative estimate of drug-likeness (QED) is 0.280. The standard InChI is InChI=1S/C19H14BrClF2NO3PS/c20-17-9-12(1-7-16(17)19(22,23)28(25,26)27)11-29-18-8-4-14(10-24-18)13-2-5-15(21)6-3-13/h1-10H,11H2,(H2,25,26,27). The first-order chi connectivity index (χ1) is 13.6. The maximum absolute atomic E-state index is 13.9. The fourth-order valence-corrected chi connectivity index (χ4v) is 4.73. The Morgan fingerprint density at radius 2 is 1.72 bits per heavy atom. The van der Waals surface area contributed by atoms with E-state index in [1.807, 2.05) is 24.3 Å². The maximum atomic E-state index is 13.9. The van der Waals surface area contributed by atoms with Crippen molar-refractivity contribution in [2.45, 2.75) is 16.4 Å². The average molecular weight is 521 g/mol. The van der Waals surface area contributed by atoms with Gasteiger partial charge in [0.25, 0.3) is 0 Å². The van der Waals surface area contributed by atoms with Gasteiger partial charge in [-0.05, 0) is 35.4 Å². The summed E-state index contributed by atoms with van der Waals surface area (Å²) in [5.41, 5.74) is -2.36. The molecule has 0 radical (unpaired) electrons. The normalized spacial score (nSPS) is 12.2. The zero-order valence-corrected chi connectivity index (χ0v) is 18.7. The molecule has 0 aliphatic rings. The number of thioether (sulfide) groups is 1. The molecular weight excluding hydrogens is 507 g/mol. The van der Waals surface area contributed by atoms with Gasteiger partial charge in [-0.15, -0.1) is 11.8 Å². The minimum absolute atomic E-state index is 0.0602. The van der Waals surface area contributed by atoms with Crippen LogP contribution in [0.4, 0.5) is 8.78 Å². The van der Waals surface area contributed by atoms with Crippen molar-refractivity contribution in [1.82, 2.24) is 4.98 Å². The maximum Gasteiger partial charge on any atom is 0.399 e. The van der Waals surface area contributed by atoms with Crippen molar-refractivity contribution in [3.8, 4) is 11.1 Å². The van der Waals surface area contributed by atoms with Gasteiger partial charge in [-0.25, -0.2) is 4.98 Å². The van der Waals surface area contributed by atoms with Crippen molar-refractivity contribution in [3.05, 3.63) is 81.4 Å². The molecule has 0 spiro atoms. The molecule has 0 aliphatic heterocycles. The summed E-state index contributed by atoms with van der Waals surface area (Å²) in [7, 11) is -5.61. The number of alkyl halides is 2. The first-order valence-corrected chi connectivity index (χ1v) is 11.9. The monoisotopic (exact) mass is 519 g/mol. The Bertz CT molecular complexity index is 1060. The van der Waals surface area contributed by atoms with Crippen molar-refractivity contribution in [3.63, 3.8) is 0 Å². The van der Waals surface area contributed by atoms with Crippen LogP contribution in [0.3, 0.4) is 0 Å². The van der Waals surface area contributed by atoms with Gasteiger partial charge in [-0.1, -0.05) is 57.9 Å². The highest BCUT2D eigenvalue weighted by molar-refractivity contribution is 9.10. The second-order valence-corrected chi connectivity index (χ2v) is 10.0. The van der Waals surface area contributed by atoms with Crippen LogP contribution in [-0.4, -0.2) is 14.8 Å². The van der Waals surface area contributed by atoms with Crippen molar-refractivity contribution in [2.75, 3.05) is 0 Å². The summed E-state index contributed by atoms with van der Waals surface area (Å²) < 4.78 is 38.8. The van der Waals surface area contributed by atoms with Crippen molar-refractivity contribution < 1.29 is 23.1 Å². The van der Waals surface area contributed by atoms with E-state index in [4.69, 9.17) is 21.4 Å². The van der Waals surface area contributed by atoms with Crippen molar-refractivity contribution >= 4 is 46.9 Å². The Morgan fingerprint density at radius 3 is 2.28 bits per heavy atom. The Morgan fingerprint density at radius 1 is 1.07 bits per heavy atom. The number of rotatable bonds is 6. The smallest absolute Gasteiger partial charge is 0.320 e. The minimum Gasteiger partial charge on any atom is -0.320 e. The Balaban J connectivity index is 1.69. The van der Waals surface area contributed by atoms with Gasteiger partial charge in [0.05, 0.1) is 5.03 Å². The van der Waals surface area contributed by atoms with Gasteiger partial charge in [0.1, 0.15) is 0 Å². The van der Waals surface area contributed by atoms with Crippen LogP contribution in [-0.2, 0) is 16.0 Å². The van der Waals surface area contributed by atoms with E-state index in [1.54, 1.807) is 18.3 Å². The van der Waals surface area contributed by atoms with Gasteiger partial charge in [0, 0.05) is 32.6 Å². The third-order valence-electron chi connectivity index (χ3n) is 4.02. The van der Waals surface area contributed by atoms with Crippen LogP contribution in [0.2, 0.25) is 5.02 Å². The fraction of sp³-hybridized carbons (Fsp3) is 0.105. The molecule has 0 saturated carbocycles. The number of benzene rings is 2. The summed E-state index contributed by atoms with van der Waals surface area (Å²) in [6, 6.07) is 15.1. The largest absolute Gasteiger partial charge is 0.399 e. The molecule has 0 amide bonds. The predicted molar refractivity (Wildman–Crippen MR) is 114 cm³/mol. The Labute approximate surface area is 183 Å². The molecule has 0 unspecified atom stereocenters. The van der Waals surface area contributed by atoms with Gasteiger partial charge in [-0.3, -0.25) is 4.57 Å². The Kier molecular flexibility index (Phi) is 6.83. The number of hydrogen-bond acceptors (Lipinski definition) is 3. The van der Waals surface area contributed by atoms with E-state index in [0.717, 1.165) is 22.2 Å². The molecule has 1 aromatic heterocycles. The van der Waals surface area contributed by atoms with E-state index < -0.39 is 18.8 Å². The second kappa shape index (κ2) is 8.84. The van der Waals surface area contributed by atoms with E-state index in [0.29, 0.717) is 16.3 Å². The summed E-state index contributed by atoms with van der Waals surface area (Å²) in [6.45, 7) is 0. The molecule has 0 saturated heterocycles. The van der Waals surface area contributed by atoms with Gasteiger partial charge < -0.3 is 9.79 Å². The lowest BCUT2D eigenvalue weighted by molar-refractivity contribution is 0.0557. The summed E-state index contributed by atoms with van der Waals surface area (Å²) in [5.74, 6) is 0.452. The summed E-state index contributed by atoms with van der Waals surface area (Å²) in [5, 5.41) is 1.41. The number of aromatic nitrogens is 1. The third-order valence-corrected chi connectivity index (χ3v) is 6.92. The lowest BCUT2D eigenvalue weighted by Gasteiger charge is -2.19. The zero-order chi connectivity index (χ0) is 21.2. The lowest BCUT2D eigenvalue weighted by Crippen LogP contribution is -2.14. The van der Waals surface area contributed by atoms with Crippen LogP contribution in [0.15, 0.2) is 70.3 Å². The third kappa shape index (κ3) is 5.26. The second-order valence-electron chi connectivity index (χ2n) is 6.08. The summed E-state index contributed by atoms with van der Waals surface area (Å²) >= 11 is 10.3. The van der Waals surface area contributed by atoms with Crippen LogP contribution in [0.1, 0.15) is 11.1 Å². The molecule has 0 bridgehead atoms. The molecule has 1 heterocycles. The van der Waals surface area contributed by atoms with Gasteiger partial charge in [-0.2, -0.15) is 8.78 Å². The molecule has 0 aliphatic carbocycles. The molecular formula is C19H14BrClF2NO3PS. The van der Waals surface area contributed by atoms with Crippen LogP contribution in [0.25, 0.3) is 11.1 Å². The molecule has 29 heavy (non-hydrogen) atoms. The molecule has 3 aromatic rings. The van der Waals surface area contributed by atoms with Crippen LogP contribution in [0, 0.1) is 0 Å². The van der Waals surface area contributed by atoms with Gasteiger partial charge in [0.2, 0.25) is 0 Å². The van der Waals surface area contributed by atoms with E-state index >= 15 is 0 Å². The van der Waals surface area contributed by atoms with Gasteiger partial charge >= 0.3 is 13.3 Å². The zero-order valence-electron chi connectivity index (χ0n) is 14.6. The van der Waals surface area contributed by atoms with Crippen LogP contribution < -0.4 is 0 Å². The molecule has 4 nitrogen and oxygen atoms in total. The lowest BCUT2D eigenvalue weighted by atomic mass is 10.1. The van der Waals surface area contributed by atoms with E-state index in [1.165, 1.54) is 23.9 Å². The SMILES string of the molecule is O=P(O)(O)C(F)(F)c1ccc(CSc2ccc(-c3ccc(Cl)cc3)cn2)cc1Br. The highest BCUT2D eigenvalue weighted by atomic mass is 79.9. The Hall–Kier alpha value is -1.28. The van der Waals surface area contributed by atoms with Crippen LogP contribution >= 0.6 is 46.9 Å². The summed E-state index contributed by atoms with van der Waals surface area (Å²) in [4.78, 5) is 22.2. The molecule has 152 valence electrons. The number of halogens is 4. The summed E-state index contributed by atoms with van der Waals surface area (Å²) in [6.07, 6.45) is 1.74. The first-order valence-electron chi connectivity index (χ1n) is 8.15.